The van der Waals surface area contributed by atoms with Gasteiger partial charge in [0.25, 0.3) is 0 Å². The van der Waals surface area contributed by atoms with Crippen LogP contribution in [0.2, 0.25) is 0 Å². The quantitative estimate of drug-likeness (QED) is 0.339. The number of anilines is 2. The number of rotatable bonds is 0. The van der Waals surface area contributed by atoms with Crippen LogP contribution in [-0.4, -0.2) is 7.05 Å². The third-order valence-electron chi connectivity index (χ3n) is 5.81. The SMILES string of the molecule is Cc1c2c(cc3ccccc13)N(C)c1cc3ccccc3c(C)c1C=C2. The molecule has 1 nitrogen and oxygen atoms in total. The minimum absolute atomic E-state index is 1.27. The van der Waals surface area contributed by atoms with E-state index in [0.717, 1.165) is 0 Å². The van der Waals surface area contributed by atoms with Gasteiger partial charge in [0.05, 0.1) is 0 Å². The van der Waals surface area contributed by atoms with Gasteiger partial charge in [-0.05, 0) is 58.7 Å². The Morgan fingerprint density at radius 1 is 0.615 bits per heavy atom. The highest BCUT2D eigenvalue weighted by atomic mass is 15.1. The third kappa shape index (κ3) is 2.04. The Labute approximate surface area is 154 Å². The second-order valence-corrected chi connectivity index (χ2v) is 7.20. The van der Waals surface area contributed by atoms with Crippen molar-refractivity contribution in [1.29, 1.82) is 0 Å². The van der Waals surface area contributed by atoms with Gasteiger partial charge in [0.1, 0.15) is 0 Å². The van der Waals surface area contributed by atoms with Gasteiger partial charge >= 0.3 is 0 Å². The molecule has 0 aromatic heterocycles. The lowest BCUT2D eigenvalue weighted by atomic mass is 9.97. The first-order chi connectivity index (χ1) is 12.6. The molecule has 0 saturated heterocycles. The number of hydrogen-bond donors (Lipinski definition) is 0. The van der Waals surface area contributed by atoms with E-state index in [1.807, 2.05) is 0 Å². The lowest BCUT2D eigenvalue weighted by molar-refractivity contribution is 1.20. The molecule has 0 N–H and O–H groups in total. The monoisotopic (exact) mass is 335 g/mol. The van der Waals surface area contributed by atoms with Crippen LogP contribution in [0.4, 0.5) is 11.4 Å². The van der Waals surface area contributed by atoms with Gasteiger partial charge < -0.3 is 4.90 Å². The van der Waals surface area contributed by atoms with E-state index in [2.05, 4.69) is 98.6 Å². The average Bonchev–Trinajstić information content (AvgIpc) is 2.80. The molecular weight excluding hydrogens is 314 g/mol. The summed E-state index contributed by atoms with van der Waals surface area (Å²) in [5.41, 5.74) is 7.85. The molecule has 0 atom stereocenters. The van der Waals surface area contributed by atoms with E-state index < -0.39 is 0 Å². The van der Waals surface area contributed by atoms with Gasteiger partial charge in [0, 0.05) is 29.5 Å². The van der Waals surface area contributed by atoms with Crippen molar-refractivity contribution in [3.63, 3.8) is 0 Å². The summed E-state index contributed by atoms with van der Waals surface area (Å²) in [7, 11) is 2.19. The van der Waals surface area contributed by atoms with Crippen molar-refractivity contribution in [2.45, 2.75) is 13.8 Å². The summed E-state index contributed by atoms with van der Waals surface area (Å²) >= 11 is 0. The molecule has 5 rings (SSSR count). The molecule has 26 heavy (non-hydrogen) atoms. The van der Waals surface area contributed by atoms with E-state index >= 15 is 0 Å². The summed E-state index contributed by atoms with van der Waals surface area (Å²) in [6, 6.07) is 22.0. The first kappa shape index (κ1) is 15.2. The Kier molecular flexibility index (Phi) is 3.20. The predicted molar refractivity (Wildman–Crippen MR) is 114 cm³/mol. The van der Waals surface area contributed by atoms with Crippen LogP contribution >= 0.6 is 0 Å². The van der Waals surface area contributed by atoms with Gasteiger partial charge in [0.2, 0.25) is 0 Å². The van der Waals surface area contributed by atoms with Crippen molar-refractivity contribution in [2.24, 2.45) is 0 Å². The van der Waals surface area contributed by atoms with Crippen LogP contribution in [-0.2, 0) is 0 Å². The molecule has 0 aliphatic carbocycles. The zero-order valence-corrected chi connectivity index (χ0v) is 15.4. The number of aryl methyl sites for hydroxylation is 2. The lowest BCUT2D eigenvalue weighted by Crippen LogP contribution is -2.12. The minimum atomic E-state index is 1.27. The molecule has 0 amide bonds. The normalized spacial score (nSPS) is 13.0. The van der Waals surface area contributed by atoms with Crippen molar-refractivity contribution in [1.82, 2.24) is 0 Å². The highest BCUT2D eigenvalue weighted by Crippen LogP contribution is 2.42. The summed E-state index contributed by atoms with van der Waals surface area (Å²) in [5.74, 6) is 0. The Balaban J connectivity index is 1.86. The minimum Gasteiger partial charge on any atom is -0.344 e. The summed E-state index contributed by atoms with van der Waals surface area (Å²) in [5, 5.41) is 5.25. The van der Waals surface area contributed by atoms with Crippen molar-refractivity contribution in [2.75, 3.05) is 11.9 Å². The Bertz CT molecular complexity index is 1120. The van der Waals surface area contributed by atoms with Crippen molar-refractivity contribution >= 4 is 45.1 Å². The first-order valence-electron chi connectivity index (χ1n) is 9.11. The molecule has 4 aromatic rings. The number of fused-ring (bicyclic) bond motifs is 4. The fraction of sp³-hybridized carbons (Fsp3) is 0.120. The zero-order chi connectivity index (χ0) is 17.8. The summed E-state index contributed by atoms with van der Waals surface area (Å²) in [6.45, 7) is 4.47. The van der Waals surface area contributed by atoms with Crippen LogP contribution in [0.15, 0.2) is 60.7 Å². The van der Waals surface area contributed by atoms with E-state index in [0.29, 0.717) is 0 Å². The smallest absolute Gasteiger partial charge is 0.0491 e. The van der Waals surface area contributed by atoms with Crippen LogP contribution in [0.25, 0.3) is 33.7 Å². The van der Waals surface area contributed by atoms with Crippen LogP contribution in [0, 0.1) is 13.8 Å². The molecule has 0 fully saturated rings. The van der Waals surface area contributed by atoms with Crippen molar-refractivity contribution < 1.29 is 0 Å². The standard InChI is InChI=1S/C25H21N/c1-16-20-10-6-4-8-18(20)14-24-22(16)12-13-23-17(2)21-11-7-5-9-19(21)15-25(23)26(24)3/h4-15H,1-3H3. The Hall–Kier alpha value is -3.06. The van der Waals surface area contributed by atoms with Crippen LogP contribution in [0.3, 0.4) is 0 Å². The van der Waals surface area contributed by atoms with Crippen molar-refractivity contribution in [3.05, 3.63) is 82.9 Å². The Morgan fingerprint density at radius 2 is 1.04 bits per heavy atom. The van der Waals surface area contributed by atoms with E-state index in [-0.39, 0.29) is 0 Å². The summed E-state index contributed by atoms with van der Waals surface area (Å²) in [6.07, 6.45) is 4.59. The van der Waals surface area contributed by atoms with E-state index in [1.165, 1.54) is 55.2 Å². The van der Waals surface area contributed by atoms with Gasteiger partial charge in [-0.15, -0.1) is 0 Å². The van der Waals surface area contributed by atoms with Gasteiger partial charge in [-0.25, -0.2) is 0 Å². The molecule has 126 valence electrons. The maximum absolute atomic E-state index is 2.35. The molecule has 0 unspecified atom stereocenters. The van der Waals surface area contributed by atoms with Crippen LogP contribution in [0.1, 0.15) is 22.3 Å². The maximum atomic E-state index is 2.35. The molecule has 0 radical (unpaired) electrons. The molecule has 1 aliphatic rings. The Morgan fingerprint density at radius 3 is 1.50 bits per heavy atom. The average molecular weight is 335 g/mol. The summed E-state index contributed by atoms with van der Waals surface area (Å²) in [4.78, 5) is 2.35. The van der Waals surface area contributed by atoms with E-state index in [9.17, 15) is 0 Å². The molecule has 0 bridgehead atoms. The molecular formula is C25H21N. The number of nitrogens with zero attached hydrogens (tertiary/aromatic N) is 1. The van der Waals surface area contributed by atoms with Crippen molar-refractivity contribution in [3.8, 4) is 0 Å². The predicted octanol–water partition coefficient (Wildman–Crippen LogP) is 6.86. The molecule has 1 heteroatoms. The van der Waals surface area contributed by atoms with Crippen LogP contribution < -0.4 is 4.90 Å². The topological polar surface area (TPSA) is 3.24 Å². The third-order valence-corrected chi connectivity index (χ3v) is 5.81. The van der Waals surface area contributed by atoms with Gasteiger partial charge in [0.15, 0.2) is 0 Å². The largest absolute Gasteiger partial charge is 0.344 e. The molecule has 1 heterocycles. The molecule has 4 aromatic carbocycles. The zero-order valence-electron chi connectivity index (χ0n) is 15.4. The number of hydrogen-bond acceptors (Lipinski definition) is 1. The molecule has 1 aliphatic heterocycles. The first-order valence-corrected chi connectivity index (χ1v) is 9.11. The number of benzene rings is 4. The molecule has 0 saturated carbocycles. The van der Waals surface area contributed by atoms with E-state index in [4.69, 9.17) is 0 Å². The van der Waals surface area contributed by atoms with Gasteiger partial charge in [-0.1, -0.05) is 60.7 Å². The fourth-order valence-corrected chi connectivity index (χ4v) is 4.33. The summed E-state index contributed by atoms with van der Waals surface area (Å²) < 4.78 is 0. The second kappa shape index (κ2) is 5.47. The maximum Gasteiger partial charge on any atom is 0.0491 e. The lowest BCUT2D eigenvalue weighted by Gasteiger charge is -2.25. The van der Waals surface area contributed by atoms with E-state index in [1.54, 1.807) is 0 Å². The molecule has 0 spiro atoms. The second-order valence-electron chi connectivity index (χ2n) is 7.20. The fourth-order valence-electron chi connectivity index (χ4n) is 4.33. The highest BCUT2D eigenvalue weighted by molar-refractivity contribution is 6.02. The van der Waals surface area contributed by atoms with Gasteiger partial charge in [-0.3, -0.25) is 0 Å². The van der Waals surface area contributed by atoms with Crippen LogP contribution in [0.5, 0.6) is 0 Å². The van der Waals surface area contributed by atoms with Gasteiger partial charge in [-0.2, -0.15) is 0 Å². The highest BCUT2D eigenvalue weighted by Gasteiger charge is 2.20.